The molecule has 0 bridgehead atoms. The molecule has 1 fully saturated rings. The van der Waals surface area contributed by atoms with E-state index in [0.29, 0.717) is 0 Å². The Labute approximate surface area is 117 Å². The van der Waals surface area contributed by atoms with Gasteiger partial charge in [-0.25, -0.2) is 0 Å². The van der Waals surface area contributed by atoms with Crippen molar-refractivity contribution in [2.24, 2.45) is 5.92 Å². The van der Waals surface area contributed by atoms with Gasteiger partial charge in [-0.1, -0.05) is 32.0 Å². The van der Waals surface area contributed by atoms with Crippen molar-refractivity contribution in [1.29, 1.82) is 0 Å². The quantitative estimate of drug-likeness (QED) is 0.873. The molecule has 1 saturated carbocycles. The van der Waals surface area contributed by atoms with E-state index in [-0.39, 0.29) is 0 Å². The van der Waals surface area contributed by atoms with Gasteiger partial charge >= 0.3 is 0 Å². The molecular weight excluding hydrogens is 232 g/mol. The van der Waals surface area contributed by atoms with Crippen molar-refractivity contribution in [3.8, 4) is 0 Å². The fraction of sp³-hybridized carbons (Fsp3) is 0.647. The maximum Gasteiger partial charge on any atom is 0.0236 e. The van der Waals surface area contributed by atoms with E-state index < -0.39 is 0 Å². The van der Waals surface area contributed by atoms with Gasteiger partial charge in [0.25, 0.3) is 0 Å². The minimum atomic E-state index is 0.764. The molecule has 0 unspecified atom stereocenters. The second-order valence-electron chi connectivity index (χ2n) is 6.58. The lowest BCUT2D eigenvalue weighted by atomic mass is 9.98. The average Bonchev–Trinajstić information content (AvgIpc) is 3.21. The third-order valence-electron chi connectivity index (χ3n) is 4.21. The van der Waals surface area contributed by atoms with Crippen LogP contribution in [0.25, 0.3) is 0 Å². The smallest absolute Gasteiger partial charge is 0.0236 e. The van der Waals surface area contributed by atoms with Gasteiger partial charge in [0, 0.05) is 25.7 Å². The summed E-state index contributed by atoms with van der Waals surface area (Å²) in [6.45, 7) is 9.21. The van der Waals surface area contributed by atoms with Crippen LogP contribution in [0.1, 0.15) is 43.4 Å². The van der Waals surface area contributed by atoms with Gasteiger partial charge in [-0.3, -0.25) is 4.90 Å². The summed E-state index contributed by atoms with van der Waals surface area (Å²) in [7, 11) is 0. The molecular formula is C17H26N2. The summed E-state index contributed by atoms with van der Waals surface area (Å²) in [4.78, 5) is 2.68. The van der Waals surface area contributed by atoms with Gasteiger partial charge in [0.15, 0.2) is 0 Å². The SMILES string of the molecule is CC(C)CN(Cc1ccc2c(c1)CNCC2)C1CC1. The van der Waals surface area contributed by atoms with Gasteiger partial charge in [-0.2, -0.15) is 0 Å². The summed E-state index contributed by atoms with van der Waals surface area (Å²) in [5.74, 6) is 0.764. The number of hydrogen-bond acceptors (Lipinski definition) is 2. The van der Waals surface area contributed by atoms with Crippen LogP contribution in [0, 0.1) is 5.92 Å². The molecule has 2 nitrogen and oxygen atoms in total. The molecule has 2 aliphatic rings. The Morgan fingerprint density at radius 2 is 2.11 bits per heavy atom. The number of nitrogens with zero attached hydrogens (tertiary/aromatic N) is 1. The van der Waals surface area contributed by atoms with Crippen LogP contribution in [-0.2, 0) is 19.5 Å². The highest BCUT2D eigenvalue weighted by Crippen LogP contribution is 2.29. The van der Waals surface area contributed by atoms with Crippen LogP contribution in [0.3, 0.4) is 0 Å². The van der Waals surface area contributed by atoms with Gasteiger partial charge in [0.05, 0.1) is 0 Å². The predicted octanol–water partition coefficient (Wildman–Crippen LogP) is 2.95. The maximum absolute atomic E-state index is 3.48. The normalized spacial score (nSPS) is 18.9. The molecule has 0 spiro atoms. The number of rotatable bonds is 5. The van der Waals surface area contributed by atoms with Gasteiger partial charge in [-0.15, -0.1) is 0 Å². The molecule has 2 heteroatoms. The zero-order valence-corrected chi connectivity index (χ0v) is 12.3. The fourth-order valence-corrected chi connectivity index (χ4v) is 3.12. The summed E-state index contributed by atoms with van der Waals surface area (Å²) in [6.07, 6.45) is 3.99. The van der Waals surface area contributed by atoms with Crippen LogP contribution in [0.15, 0.2) is 18.2 Å². The van der Waals surface area contributed by atoms with Crippen molar-refractivity contribution < 1.29 is 0 Å². The maximum atomic E-state index is 3.48. The summed E-state index contributed by atoms with van der Waals surface area (Å²) in [6, 6.07) is 7.99. The lowest BCUT2D eigenvalue weighted by Crippen LogP contribution is -2.30. The second kappa shape index (κ2) is 5.64. The van der Waals surface area contributed by atoms with Gasteiger partial charge in [0.2, 0.25) is 0 Å². The third kappa shape index (κ3) is 3.37. The average molecular weight is 258 g/mol. The minimum Gasteiger partial charge on any atom is -0.312 e. The van der Waals surface area contributed by atoms with Crippen LogP contribution >= 0.6 is 0 Å². The Hall–Kier alpha value is -0.860. The molecule has 1 aromatic carbocycles. The molecule has 0 amide bonds. The Bertz CT molecular complexity index is 435. The van der Waals surface area contributed by atoms with E-state index in [4.69, 9.17) is 0 Å². The Morgan fingerprint density at radius 3 is 2.84 bits per heavy atom. The summed E-state index contributed by atoms with van der Waals surface area (Å²) < 4.78 is 0. The lowest BCUT2D eigenvalue weighted by molar-refractivity contribution is 0.226. The largest absolute Gasteiger partial charge is 0.312 e. The fourth-order valence-electron chi connectivity index (χ4n) is 3.12. The molecule has 0 saturated heterocycles. The van der Waals surface area contributed by atoms with Gasteiger partial charge < -0.3 is 5.32 Å². The Balaban J connectivity index is 1.70. The van der Waals surface area contributed by atoms with Gasteiger partial charge in [-0.05, 0) is 48.4 Å². The molecule has 1 heterocycles. The van der Waals surface area contributed by atoms with Crippen molar-refractivity contribution in [1.82, 2.24) is 10.2 Å². The van der Waals surface area contributed by atoms with E-state index in [1.165, 1.54) is 36.9 Å². The van der Waals surface area contributed by atoms with Crippen LogP contribution in [0.2, 0.25) is 0 Å². The monoisotopic (exact) mass is 258 g/mol. The number of nitrogens with one attached hydrogen (secondary N) is 1. The van der Waals surface area contributed by atoms with Crippen LogP contribution in [0.4, 0.5) is 0 Å². The van der Waals surface area contributed by atoms with Crippen molar-refractivity contribution in [2.75, 3.05) is 13.1 Å². The van der Waals surface area contributed by atoms with Gasteiger partial charge in [0.1, 0.15) is 0 Å². The molecule has 1 aromatic rings. The molecule has 3 rings (SSSR count). The molecule has 1 aliphatic carbocycles. The molecule has 104 valence electrons. The Morgan fingerprint density at radius 1 is 1.26 bits per heavy atom. The standard InChI is InChI=1S/C17H26N2/c1-13(2)11-19(17-5-6-17)12-14-3-4-15-7-8-18-10-16(15)9-14/h3-4,9,13,17-18H,5-8,10-12H2,1-2H3. The number of fused-ring (bicyclic) bond motifs is 1. The molecule has 0 atom stereocenters. The first kappa shape index (κ1) is 13.1. The summed E-state index contributed by atoms with van der Waals surface area (Å²) in [5, 5.41) is 3.48. The van der Waals surface area contributed by atoms with E-state index >= 15 is 0 Å². The highest BCUT2D eigenvalue weighted by molar-refractivity contribution is 5.33. The molecule has 19 heavy (non-hydrogen) atoms. The molecule has 0 radical (unpaired) electrons. The summed E-state index contributed by atoms with van der Waals surface area (Å²) in [5.41, 5.74) is 4.56. The van der Waals surface area contributed by atoms with E-state index in [9.17, 15) is 0 Å². The van der Waals surface area contributed by atoms with Crippen molar-refractivity contribution >= 4 is 0 Å². The van der Waals surface area contributed by atoms with E-state index in [1.807, 2.05) is 0 Å². The number of benzene rings is 1. The lowest BCUT2D eigenvalue weighted by Gasteiger charge is -2.25. The predicted molar refractivity (Wildman–Crippen MR) is 80.1 cm³/mol. The first-order valence-electron chi connectivity index (χ1n) is 7.78. The van der Waals surface area contributed by atoms with Crippen molar-refractivity contribution in [2.45, 2.75) is 52.2 Å². The van der Waals surface area contributed by atoms with E-state index in [0.717, 1.165) is 31.6 Å². The molecule has 1 N–H and O–H groups in total. The Kier molecular flexibility index (Phi) is 3.90. The van der Waals surface area contributed by atoms with Crippen LogP contribution in [-0.4, -0.2) is 24.0 Å². The van der Waals surface area contributed by atoms with E-state index in [2.05, 4.69) is 42.3 Å². The van der Waals surface area contributed by atoms with Crippen molar-refractivity contribution in [3.05, 3.63) is 34.9 Å². The van der Waals surface area contributed by atoms with Crippen molar-refractivity contribution in [3.63, 3.8) is 0 Å². The first-order chi connectivity index (χ1) is 9.22. The van der Waals surface area contributed by atoms with E-state index in [1.54, 1.807) is 5.56 Å². The van der Waals surface area contributed by atoms with Crippen LogP contribution in [0.5, 0.6) is 0 Å². The zero-order valence-electron chi connectivity index (χ0n) is 12.3. The highest BCUT2D eigenvalue weighted by Gasteiger charge is 2.29. The number of hydrogen-bond donors (Lipinski definition) is 1. The third-order valence-corrected chi connectivity index (χ3v) is 4.21. The van der Waals surface area contributed by atoms with Crippen LogP contribution < -0.4 is 5.32 Å². The molecule has 1 aliphatic heterocycles. The minimum absolute atomic E-state index is 0.764. The second-order valence-corrected chi connectivity index (χ2v) is 6.58. The zero-order chi connectivity index (χ0) is 13.2. The highest BCUT2D eigenvalue weighted by atomic mass is 15.2. The summed E-state index contributed by atoms with van der Waals surface area (Å²) >= 11 is 0. The molecule has 0 aromatic heterocycles. The topological polar surface area (TPSA) is 15.3 Å². The first-order valence-corrected chi connectivity index (χ1v) is 7.78.